The van der Waals surface area contributed by atoms with Crippen molar-refractivity contribution in [3.8, 4) is 0 Å². The lowest BCUT2D eigenvalue weighted by molar-refractivity contribution is -0.645. The Labute approximate surface area is 157 Å². The van der Waals surface area contributed by atoms with Gasteiger partial charge in [0.15, 0.2) is 0 Å². The Morgan fingerprint density at radius 2 is 1.62 bits per heavy atom. The lowest BCUT2D eigenvalue weighted by Gasteiger charge is -2.05. The van der Waals surface area contributed by atoms with E-state index in [2.05, 4.69) is 54.9 Å². The zero-order chi connectivity index (χ0) is 18.7. The first kappa shape index (κ1) is 18.5. The van der Waals surface area contributed by atoms with E-state index in [4.69, 9.17) is 0 Å². The summed E-state index contributed by atoms with van der Waals surface area (Å²) in [6, 6.07) is 21.4. The normalized spacial score (nSPS) is 11.3. The Bertz CT molecular complexity index is 1150. The van der Waals surface area contributed by atoms with Crippen molar-refractivity contribution in [2.45, 2.75) is 12.7 Å². The molecule has 0 aliphatic heterocycles. The minimum absolute atomic E-state index is 0.423. The van der Waals surface area contributed by atoms with E-state index in [0.29, 0.717) is 5.56 Å². The van der Waals surface area contributed by atoms with Gasteiger partial charge < -0.3 is 4.55 Å². The van der Waals surface area contributed by atoms with E-state index in [1.54, 1.807) is 30.3 Å². The molecule has 4 rings (SSSR count). The number of aryl methyl sites for hydroxylation is 2. The lowest BCUT2D eigenvalue weighted by atomic mass is 10.1. The number of nitrogens with zero attached hydrogens (tertiary/aromatic N) is 1. The topological polar surface area (TPSA) is 61.1 Å². The Hall–Kier alpha value is -2.28. The van der Waals surface area contributed by atoms with Gasteiger partial charge in [-0.15, -0.1) is 0 Å². The van der Waals surface area contributed by atoms with Crippen molar-refractivity contribution in [1.82, 2.24) is 0 Å². The van der Waals surface area contributed by atoms with E-state index in [9.17, 15) is 13.0 Å². The highest BCUT2D eigenvalue weighted by Crippen LogP contribution is 2.27. The van der Waals surface area contributed by atoms with Gasteiger partial charge in [-0.1, -0.05) is 65.9 Å². The van der Waals surface area contributed by atoms with Crippen molar-refractivity contribution >= 4 is 42.4 Å². The van der Waals surface area contributed by atoms with Crippen molar-refractivity contribution < 1.29 is 17.5 Å². The van der Waals surface area contributed by atoms with Crippen LogP contribution in [0, 0.1) is 6.92 Å². The monoisotopic (exact) mass is 385 g/mol. The molecule has 0 radical (unpaired) electrons. The maximum absolute atomic E-state index is 10.2. The standard InChI is InChI=1S/C13H12NS.C7H8O3S/c1-9-14(2)13-11-6-4-3-5-10(11)7-8-12(13)15-9;8-11(9,10)6-7-4-2-1-3-5-7/h3-8H,1-2H3;1-5H,6H2,(H,8,9,10)/q+1;/p-1. The molecule has 0 fully saturated rings. The molecule has 0 aliphatic carbocycles. The Morgan fingerprint density at radius 3 is 2.31 bits per heavy atom. The molecule has 0 saturated heterocycles. The zero-order valence-electron chi connectivity index (χ0n) is 14.5. The molecule has 0 amide bonds. The minimum Gasteiger partial charge on any atom is -0.748 e. The summed E-state index contributed by atoms with van der Waals surface area (Å²) >= 11 is 1.86. The van der Waals surface area contributed by atoms with Gasteiger partial charge in [0.2, 0.25) is 10.5 Å². The summed E-state index contributed by atoms with van der Waals surface area (Å²) in [5.74, 6) is -0.423. The van der Waals surface area contributed by atoms with Gasteiger partial charge in [0.05, 0.1) is 21.3 Å². The fourth-order valence-electron chi connectivity index (χ4n) is 2.83. The summed E-state index contributed by atoms with van der Waals surface area (Å²) in [6.45, 7) is 2.17. The van der Waals surface area contributed by atoms with Crippen molar-refractivity contribution in [3.05, 3.63) is 77.3 Å². The minimum atomic E-state index is -4.13. The first-order valence-electron chi connectivity index (χ1n) is 8.09. The van der Waals surface area contributed by atoms with Crippen molar-refractivity contribution in [3.63, 3.8) is 0 Å². The molecule has 0 spiro atoms. The first-order chi connectivity index (χ1) is 12.3. The smallest absolute Gasteiger partial charge is 0.234 e. The molecule has 6 heteroatoms. The Balaban J connectivity index is 0.000000160. The number of rotatable bonds is 2. The summed E-state index contributed by atoms with van der Waals surface area (Å²) in [6.07, 6.45) is 0. The molecule has 0 N–H and O–H groups in total. The van der Waals surface area contributed by atoms with Crippen molar-refractivity contribution in [2.24, 2.45) is 7.05 Å². The fourth-order valence-corrected chi connectivity index (χ4v) is 4.45. The molecule has 4 nitrogen and oxygen atoms in total. The third kappa shape index (κ3) is 4.27. The van der Waals surface area contributed by atoms with Crippen LogP contribution < -0.4 is 4.57 Å². The van der Waals surface area contributed by atoms with E-state index in [1.165, 1.54) is 26.0 Å². The van der Waals surface area contributed by atoms with Crippen molar-refractivity contribution in [1.29, 1.82) is 0 Å². The number of hydrogen-bond acceptors (Lipinski definition) is 4. The molecule has 134 valence electrons. The highest BCUT2D eigenvalue weighted by Gasteiger charge is 2.15. The van der Waals surface area contributed by atoms with Gasteiger partial charge in [-0.2, -0.15) is 4.57 Å². The second-order valence-corrected chi connectivity index (χ2v) is 8.64. The van der Waals surface area contributed by atoms with Crippen LogP contribution >= 0.6 is 11.3 Å². The summed E-state index contributed by atoms with van der Waals surface area (Å²) in [7, 11) is -1.99. The molecular formula is C20H19NO3S2. The molecule has 26 heavy (non-hydrogen) atoms. The van der Waals surface area contributed by atoms with Gasteiger partial charge in [0.25, 0.3) is 0 Å². The molecule has 1 heterocycles. The molecule has 3 aromatic carbocycles. The average molecular weight is 386 g/mol. The first-order valence-corrected chi connectivity index (χ1v) is 10.5. The maximum Gasteiger partial charge on any atom is 0.234 e. The molecule has 0 atom stereocenters. The van der Waals surface area contributed by atoms with Crippen LogP contribution in [0.2, 0.25) is 0 Å². The summed E-state index contributed by atoms with van der Waals surface area (Å²) in [5.41, 5.74) is 1.89. The predicted molar refractivity (Wildman–Crippen MR) is 105 cm³/mol. The van der Waals surface area contributed by atoms with Gasteiger partial charge in [0.1, 0.15) is 11.7 Å². The van der Waals surface area contributed by atoms with E-state index in [1.807, 2.05) is 11.3 Å². The molecule has 4 aromatic rings. The SMILES string of the molecule is Cc1sc2ccc3ccccc3c2[n+]1C.O=S(=O)([O-])Cc1ccccc1. The van der Waals surface area contributed by atoms with Crippen molar-refractivity contribution in [2.75, 3.05) is 0 Å². The van der Waals surface area contributed by atoms with Crippen LogP contribution in [0.3, 0.4) is 0 Å². The number of hydrogen-bond donors (Lipinski definition) is 0. The van der Waals surface area contributed by atoms with Crippen LogP contribution in [-0.2, 0) is 22.9 Å². The summed E-state index contributed by atoms with van der Waals surface area (Å²) < 4.78 is 34.4. The molecular weight excluding hydrogens is 366 g/mol. The van der Waals surface area contributed by atoms with Gasteiger partial charge in [-0.05, 0) is 23.1 Å². The van der Waals surface area contributed by atoms with E-state index in [0.717, 1.165) is 0 Å². The number of thiazole rings is 1. The Kier molecular flexibility index (Phi) is 5.36. The second kappa shape index (κ2) is 7.53. The number of aromatic nitrogens is 1. The van der Waals surface area contributed by atoms with Gasteiger partial charge in [-0.25, -0.2) is 8.42 Å². The van der Waals surface area contributed by atoms with E-state index >= 15 is 0 Å². The van der Waals surface area contributed by atoms with Gasteiger partial charge in [-0.3, -0.25) is 0 Å². The highest BCUT2D eigenvalue weighted by molar-refractivity contribution is 7.84. The zero-order valence-corrected chi connectivity index (χ0v) is 16.2. The van der Waals surface area contributed by atoms with E-state index in [-0.39, 0.29) is 0 Å². The second-order valence-electron chi connectivity index (χ2n) is 6.00. The van der Waals surface area contributed by atoms with Crippen LogP contribution in [0.5, 0.6) is 0 Å². The molecule has 1 aromatic heterocycles. The highest BCUT2D eigenvalue weighted by atomic mass is 32.2. The van der Waals surface area contributed by atoms with E-state index < -0.39 is 15.9 Å². The summed E-state index contributed by atoms with van der Waals surface area (Å²) in [4.78, 5) is 0. The van der Waals surface area contributed by atoms with Crippen LogP contribution in [0.1, 0.15) is 10.6 Å². The Morgan fingerprint density at radius 1 is 0.962 bits per heavy atom. The largest absolute Gasteiger partial charge is 0.748 e. The van der Waals surface area contributed by atoms with Gasteiger partial charge >= 0.3 is 0 Å². The molecule has 0 saturated carbocycles. The predicted octanol–water partition coefficient (Wildman–Crippen LogP) is 3.92. The quantitative estimate of drug-likeness (QED) is 0.388. The molecule has 0 aliphatic rings. The molecule has 0 bridgehead atoms. The van der Waals surface area contributed by atoms with Crippen LogP contribution in [0.25, 0.3) is 21.0 Å². The number of fused-ring (bicyclic) bond motifs is 3. The summed E-state index contributed by atoms with van der Waals surface area (Å²) in [5, 5.41) is 4.02. The van der Waals surface area contributed by atoms with Gasteiger partial charge in [0, 0.05) is 6.92 Å². The third-order valence-corrected chi connectivity index (χ3v) is 5.92. The van der Waals surface area contributed by atoms with Crippen LogP contribution in [0.15, 0.2) is 66.7 Å². The average Bonchev–Trinajstić information content (AvgIpc) is 2.90. The third-order valence-electron chi connectivity index (χ3n) is 4.12. The fraction of sp³-hybridized carbons (Fsp3) is 0.150. The van der Waals surface area contributed by atoms with Crippen LogP contribution in [-0.4, -0.2) is 13.0 Å². The molecule has 0 unspecified atom stereocenters. The number of benzene rings is 3. The van der Waals surface area contributed by atoms with Crippen LogP contribution in [0.4, 0.5) is 0 Å². The lowest BCUT2D eigenvalue weighted by Crippen LogP contribution is -2.28. The maximum atomic E-state index is 10.2.